The lowest BCUT2D eigenvalue weighted by atomic mass is 9.46. The molecular weight excluding hydrogens is 212 g/mol. The molecule has 0 radical (unpaired) electrons. The topological polar surface area (TPSA) is 38.5 Å². The Morgan fingerprint density at radius 1 is 1.53 bits per heavy atom. The van der Waals surface area contributed by atoms with Crippen molar-refractivity contribution in [2.75, 3.05) is 26.7 Å². The molecule has 3 nitrogen and oxygen atoms in total. The van der Waals surface area contributed by atoms with Gasteiger partial charge in [0.15, 0.2) is 0 Å². The summed E-state index contributed by atoms with van der Waals surface area (Å²) in [5.41, 5.74) is 6.56. The van der Waals surface area contributed by atoms with Crippen molar-refractivity contribution in [3.05, 3.63) is 0 Å². The summed E-state index contributed by atoms with van der Waals surface area (Å²) in [6, 6.07) is 0. The van der Waals surface area contributed by atoms with Crippen LogP contribution < -0.4 is 5.73 Å². The van der Waals surface area contributed by atoms with Crippen molar-refractivity contribution in [3.63, 3.8) is 0 Å². The van der Waals surface area contributed by atoms with Gasteiger partial charge in [-0.25, -0.2) is 0 Å². The van der Waals surface area contributed by atoms with E-state index in [1.54, 1.807) is 0 Å². The molecule has 1 aliphatic carbocycles. The van der Waals surface area contributed by atoms with Gasteiger partial charge in [-0.1, -0.05) is 19.8 Å². The molecule has 0 spiro atoms. The Morgan fingerprint density at radius 2 is 2.24 bits per heavy atom. The molecule has 1 heterocycles. The Labute approximate surface area is 105 Å². The van der Waals surface area contributed by atoms with Crippen LogP contribution in [0.25, 0.3) is 0 Å². The molecule has 1 saturated carbocycles. The predicted octanol–water partition coefficient (Wildman–Crippen LogP) is 1.08. The fourth-order valence-electron chi connectivity index (χ4n) is 3.65. The number of nitrogens with two attached hydrogens (primary N) is 1. The lowest BCUT2D eigenvalue weighted by Crippen LogP contribution is -2.80. The smallest absolute Gasteiger partial charge is 0.0690 e. The van der Waals surface area contributed by atoms with E-state index < -0.39 is 0 Å². The van der Waals surface area contributed by atoms with Crippen molar-refractivity contribution in [1.82, 2.24) is 4.90 Å². The fraction of sp³-hybridized carbons (Fsp3) is 0.857. The third-order valence-electron chi connectivity index (χ3n) is 4.79. The molecule has 0 aromatic heterocycles. The standard InChI is InChI=1S/C14H24N2O/c1-5-8-16(4)10-14(15)11-7-6-9-17-12(11)13(14,2)3/h1,11-12H,6-10,15H2,2-4H3. The molecule has 3 heteroatoms. The van der Waals surface area contributed by atoms with Crippen molar-refractivity contribution >= 4 is 0 Å². The van der Waals surface area contributed by atoms with Crippen LogP contribution in [-0.2, 0) is 4.74 Å². The maximum atomic E-state index is 6.68. The van der Waals surface area contributed by atoms with E-state index in [4.69, 9.17) is 16.9 Å². The van der Waals surface area contributed by atoms with Crippen LogP contribution in [0.2, 0.25) is 0 Å². The molecule has 2 fully saturated rings. The first kappa shape index (κ1) is 12.9. The molecule has 17 heavy (non-hydrogen) atoms. The second-order valence-corrected chi connectivity index (χ2v) is 6.18. The monoisotopic (exact) mass is 236 g/mol. The molecule has 0 aromatic carbocycles. The highest BCUT2D eigenvalue weighted by molar-refractivity contribution is 5.21. The summed E-state index contributed by atoms with van der Waals surface area (Å²) in [5.74, 6) is 3.17. The van der Waals surface area contributed by atoms with Gasteiger partial charge in [-0.05, 0) is 19.9 Å². The van der Waals surface area contributed by atoms with Gasteiger partial charge in [0.1, 0.15) is 0 Å². The SMILES string of the molecule is C#CCN(C)CC1(N)C2CCCOC2C1(C)C. The van der Waals surface area contributed by atoms with Crippen LogP contribution in [0.5, 0.6) is 0 Å². The van der Waals surface area contributed by atoms with Crippen LogP contribution in [0.4, 0.5) is 0 Å². The highest BCUT2D eigenvalue weighted by Crippen LogP contribution is 2.57. The summed E-state index contributed by atoms with van der Waals surface area (Å²) >= 11 is 0. The molecule has 1 saturated heterocycles. The Hall–Kier alpha value is -0.560. The van der Waals surface area contributed by atoms with E-state index in [0.29, 0.717) is 18.6 Å². The van der Waals surface area contributed by atoms with Gasteiger partial charge in [0.2, 0.25) is 0 Å². The van der Waals surface area contributed by atoms with E-state index in [2.05, 4.69) is 24.7 Å². The molecule has 0 bridgehead atoms. The van der Waals surface area contributed by atoms with Crippen LogP contribution in [0, 0.1) is 23.7 Å². The van der Waals surface area contributed by atoms with Crippen LogP contribution in [-0.4, -0.2) is 43.3 Å². The van der Waals surface area contributed by atoms with Crippen molar-refractivity contribution < 1.29 is 4.74 Å². The summed E-state index contributed by atoms with van der Waals surface area (Å²) in [4.78, 5) is 2.15. The van der Waals surface area contributed by atoms with Gasteiger partial charge in [-0.3, -0.25) is 4.90 Å². The summed E-state index contributed by atoms with van der Waals surface area (Å²) in [5, 5.41) is 0. The first-order valence-corrected chi connectivity index (χ1v) is 6.46. The van der Waals surface area contributed by atoms with Gasteiger partial charge in [-0.15, -0.1) is 6.42 Å². The largest absolute Gasteiger partial charge is 0.377 e. The van der Waals surface area contributed by atoms with E-state index in [-0.39, 0.29) is 11.0 Å². The van der Waals surface area contributed by atoms with E-state index in [0.717, 1.165) is 19.6 Å². The zero-order valence-electron chi connectivity index (χ0n) is 11.2. The van der Waals surface area contributed by atoms with Crippen molar-refractivity contribution in [2.45, 2.75) is 38.3 Å². The van der Waals surface area contributed by atoms with Crippen molar-refractivity contribution in [1.29, 1.82) is 0 Å². The number of hydrogen-bond acceptors (Lipinski definition) is 3. The average molecular weight is 236 g/mol. The minimum absolute atomic E-state index is 0.0426. The zero-order chi connectivity index (χ0) is 12.7. The second kappa shape index (κ2) is 4.28. The Balaban J connectivity index is 2.10. The van der Waals surface area contributed by atoms with Gasteiger partial charge in [0.25, 0.3) is 0 Å². The number of likely N-dealkylation sites (N-methyl/N-ethyl adjacent to an activating group) is 1. The number of fused-ring (bicyclic) bond motifs is 1. The number of hydrogen-bond donors (Lipinski definition) is 1. The third-order valence-corrected chi connectivity index (χ3v) is 4.79. The zero-order valence-corrected chi connectivity index (χ0v) is 11.2. The highest BCUT2D eigenvalue weighted by Gasteiger charge is 2.66. The van der Waals surface area contributed by atoms with Gasteiger partial charge in [-0.2, -0.15) is 0 Å². The number of ether oxygens (including phenoxy) is 1. The minimum Gasteiger partial charge on any atom is -0.377 e. The summed E-state index contributed by atoms with van der Waals surface area (Å²) in [6.07, 6.45) is 8.01. The molecule has 3 unspecified atom stereocenters. The normalized spacial score (nSPS) is 39.3. The van der Waals surface area contributed by atoms with E-state index in [1.807, 2.05) is 7.05 Å². The van der Waals surface area contributed by atoms with E-state index in [9.17, 15) is 0 Å². The summed E-state index contributed by atoms with van der Waals surface area (Å²) < 4.78 is 5.89. The Kier molecular flexibility index (Phi) is 3.24. The van der Waals surface area contributed by atoms with Gasteiger partial charge in [0, 0.05) is 30.0 Å². The van der Waals surface area contributed by atoms with E-state index in [1.165, 1.54) is 6.42 Å². The molecule has 0 amide bonds. The van der Waals surface area contributed by atoms with E-state index >= 15 is 0 Å². The first-order valence-electron chi connectivity index (χ1n) is 6.46. The Morgan fingerprint density at radius 3 is 2.88 bits per heavy atom. The quantitative estimate of drug-likeness (QED) is 0.745. The van der Waals surface area contributed by atoms with Gasteiger partial charge in [0.05, 0.1) is 12.6 Å². The van der Waals surface area contributed by atoms with Gasteiger partial charge >= 0.3 is 0 Å². The molecular formula is C14H24N2O. The minimum atomic E-state index is -0.163. The van der Waals surface area contributed by atoms with Crippen molar-refractivity contribution in [2.24, 2.45) is 17.1 Å². The summed E-state index contributed by atoms with van der Waals surface area (Å²) in [7, 11) is 2.04. The lowest BCUT2D eigenvalue weighted by Gasteiger charge is -2.67. The molecule has 1 aliphatic heterocycles. The van der Waals surface area contributed by atoms with Crippen LogP contribution in [0.15, 0.2) is 0 Å². The highest BCUT2D eigenvalue weighted by atomic mass is 16.5. The van der Waals surface area contributed by atoms with Gasteiger partial charge < -0.3 is 10.5 Å². The second-order valence-electron chi connectivity index (χ2n) is 6.18. The molecule has 0 aromatic rings. The van der Waals surface area contributed by atoms with Crippen LogP contribution >= 0.6 is 0 Å². The van der Waals surface area contributed by atoms with Crippen LogP contribution in [0.3, 0.4) is 0 Å². The van der Waals surface area contributed by atoms with Crippen LogP contribution in [0.1, 0.15) is 26.7 Å². The molecule has 3 atom stereocenters. The maximum Gasteiger partial charge on any atom is 0.0690 e. The third kappa shape index (κ3) is 1.79. The number of nitrogens with zero attached hydrogens (tertiary/aromatic N) is 1. The summed E-state index contributed by atoms with van der Waals surface area (Å²) in [6.45, 7) is 6.86. The average Bonchev–Trinajstić information content (AvgIpc) is 2.29. The maximum absolute atomic E-state index is 6.68. The molecule has 2 rings (SSSR count). The predicted molar refractivity (Wildman–Crippen MR) is 69.5 cm³/mol. The molecule has 2 N–H and O–H groups in total. The molecule has 96 valence electrons. The molecule has 2 aliphatic rings. The number of terminal acetylenes is 1. The fourth-order valence-corrected chi connectivity index (χ4v) is 3.65. The van der Waals surface area contributed by atoms with Crippen molar-refractivity contribution in [3.8, 4) is 12.3 Å². The Bertz CT molecular complexity index is 334. The lowest BCUT2D eigenvalue weighted by molar-refractivity contribution is -0.230. The number of rotatable bonds is 3. The first-order chi connectivity index (χ1) is 7.93.